The van der Waals surface area contributed by atoms with Crippen molar-refractivity contribution >= 4 is 17.8 Å². The smallest absolute Gasteiger partial charge is 0.433 e. The number of carbonyl (C=O) groups excluding carboxylic acids is 3. The first-order chi connectivity index (χ1) is 10.7. The third-order valence-electron chi connectivity index (χ3n) is 2.71. The summed E-state index contributed by atoms with van der Waals surface area (Å²) in [5, 5.41) is 2.17. The first-order valence-electron chi connectivity index (χ1n) is 6.17. The monoisotopic (exact) mass is 334 g/mol. The zero-order chi connectivity index (χ0) is 17.6. The number of amides is 1. The quantitative estimate of drug-likeness (QED) is 0.805. The van der Waals surface area contributed by atoms with Crippen LogP contribution in [0.3, 0.4) is 0 Å². The average Bonchev–Trinajstić information content (AvgIpc) is 2.52. The number of halogens is 3. The van der Waals surface area contributed by atoms with Gasteiger partial charge in [-0.3, -0.25) is 14.6 Å². The van der Waals surface area contributed by atoms with Crippen LogP contribution in [0.1, 0.15) is 22.5 Å². The molecule has 0 saturated heterocycles. The van der Waals surface area contributed by atoms with Gasteiger partial charge in [-0.05, 0) is 12.1 Å². The molecule has 10 heteroatoms. The van der Waals surface area contributed by atoms with E-state index >= 15 is 0 Å². The Labute approximate surface area is 128 Å². The number of nitrogens with one attached hydrogen (secondary N) is 1. The van der Waals surface area contributed by atoms with Crippen LogP contribution in [0.5, 0.6) is 0 Å². The molecular weight excluding hydrogens is 321 g/mol. The van der Waals surface area contributed by atoms with Crippen molar-refractivity contribution in [2.45, 2.75) is 18.6 Å². The number of carbonyl (C=O) groups is 3. The Morgan fingerprint density at radius 3 is 2.30 bits per heavy atom. The fourth-order valence-electron chi connectivity index (χ4n) is 1.52. The van der Waals surface area contributed by atoms with Crippen LogP contribution in [0.4, 0.5) is 13.2 Å². The normalized spacial score (nSPS) is 12.2. The molecule has 126 valence electrons. The second kappa shape index (κ2) is 7.56. The summed E-state index contributed by atoms with van der Waals surface area (Å²) >= 11 is 0. The summed E-state index contributed by atoms with van der Waals surface area (Å²) < 4.78 is 46.0. The summed E-state index contributed by atoms with van der Waals surface area (Å²) in [5.74, 6) is -2.56. The molecule has 0 aliphatic carbocycles. The predicted octanol–water partition coefficient (Wildman–Crippen LogP) is 0.935. The van der Waals surface area contributed by atoms with Crippen molar-refractivity contribution in [3.8, 4) is 0 Å². The van der Waals surface area contributed by atoms with Crippen LogP contribution in [0.15, 0.2) is 18.3 Å². The molecule has 1 aromatic rings. The van der Waals surface area contributed by atoms with E-state index in [1.54, 1.807) is 0 Å². The number of hydrogen-bond acceptors (Lipinski definition) is 6. The lowest BCUT2D eigenvalue weighted by atomic mass is 10.1. The minimum Gasteiger partial charge on any atom is -0.469 e. The van der Waals surface area contributed by atoms with E-state index < -0.39 is 42.2 Å². The molecule has 0 aromatic carbocycles. The molecule has 1 aromatic heterocycles. The van der Waals surface area contributed by atoms with E-state index in [2.05, 4.69) is 19.8 Å². The van der Waals surface area contributed by atoms with E-state index in [0.717, 1.165) is 20.3 Å². The van der Waals surface area contributed by atoms with Gasteiger partial charge >= 0.3 is 18.1 Å². The molecule has 7 nitrogen and oxygen atoms in total. The standard InChI is InChI=1S/C13H13F3N2O5/c1-22-10(19)5-8(12(21)23-2)18-11(20)7-3-4-9(17-6-7)13(14,15)16/h3-4,6,8H,5H2,1-2H3,(H,18,20)/t8-/m1/s1. The Hall–Kier alpha value is -2.65. The zero-order valence-corrected chi connectivity index (χ0v) is 12.1. The highest BCUT2D eigenvalue weighted by Gasteiger charge is 2.32. The molecule has 0 unspecified atom stereocenters. The van der Waals surface area contributed by atoms with E-state index in [9.17, 15) is 27.6 Å². The molecule has 0 bridgehead atoms. The van der Waals surface area contributed by atoms with Gasteiger partial charge in [0.2, 0.25) is 0 Å². The zero-order valence-electron chi connectivity index (χ0n) is 12.1. The SMILES string of the molecule is COC(=O)C[C@@H](NC(=O)c1ccc(C(F)(F)F)nc1)C(=O)OC. The third kappa shape index (κ3) is 5.24. The van der Waals surface area contributed by atoms with Gasteiger partial charge in [0.05, 0.1) is 26.2 Å². The van der Waals surface area contributed by atoms with Crippen LogP contribution < -0.4 is 5.32 Å². The van der Waals surface area contributed by atoms with Crippen molar-refractivity contribution in [1.29, 1.82) is 0 Å². The lowest BCUT2D eigenvalue weighted by molar-refractivity contribution is -0.149. The predicted molar refractivity (Wildman–Crippen MR) is 69.1 cm³/mol. The molecule has 1 atom stereocenters. The molecule has 0 saturated carbocycles. The van der Waals surface area contributed by atoms with E-state index in [1.807, 2.05) is 0 Å². The summed E-state index contributed by atoms with van der Waals surface area (Å²) in [6.45, 7) is 0. The highest BCUT2D eigenvalue weighted by atomic mass is 19.4. The first kappa shape index (κ1) is 18.4. The van der Waals surface area contributed by atoms with Gasteiger partial charge in [0.1, 0.15) is 11.7 Å². The van der Waals surface area contributed by atoms with Gasteiger partial charge in [0.15, 0.2) is 0 Å². The lowest BCUT2D eigenvalue weighted by Crippen LogP contribution is -2.43. The van der Waals surface area contributed by atoms with E-state index in [0.29, 0.717) is 12.3 Å². The Kier molecular flexibility index (Phi) is 6.05. The third-order valence-corrected chi connectivity index (χ3v) is 2.71. The van der Waals surface area contributed by atoms with Crippen LogP contribution in [-0.4, -0.2) is 43.1 Å². The summed E-state index contributed by atoms with van der Waals surface area (Å²) in [5.41, 5.74) is -1.37. The minimum atomic E-state index is -4.63. The Balaban J connectivity index is 2.86. The fraction of sp³-hybridized carbons (Fsp3) is 0.385. The summed E-state index contributed by atoms with van der Waals surface area (Å²) in [7, 11) is 2.15. The maximum Gasteiger partial charge on any atom is 0.433 e. The van der Waals surface area contributed by atoms with Crippen molar-refractivity contribution < 1.29 is 37.0 Å². The van der Waals surface area contributed by atoms with Crippen molar-refractivity contribution in [1.82, 2.24) is 10.3 Å². The lowest BCUT2D eigenvalue weighted by Gasteiger charge is -2.15. The maximum atomic E-state index is 12.4. The van der Waals surface area contributed by atoms with E-state index in [1.165, 1.54) is 0 Å². The van der Waals surface area contributed by atoms with Crippen LogP contribution in [0.25, 0.3) is 0 Å². The molecular formula is C13H13F3N2O5. The van der Waals surface area contributed by atoms with Crippen molar-refractivity contribution in [2.75, 3.05) is 14.2 Å². The molecule has 1 amide bonds. The number of esters is 2. The van der Waals surface area contributed by atoms with Crippen LogP contribution in [0.2, 0.25) is 0 Å². The van der Waals surface area contributed by atoms with Crippen molar-refractivity contribution in [3.63, 3.8) is 0 Å². The molecule has 0 radical (unpaired) electrons. The summed E-state index contributed by atoms with van der Waals surface area (Å²) in [6.07, 6.45) is -4.40. The molecule has 0 aliphatic rings. The molecule has 23 heavy (non-hydrogen) atoms. The van der Waals surface area contributed by atoms with Gasteiger partial charge in [-0.15, -0.1) is 0 Å². The highest BCUT2D eigenvalue weighted by Crippen LogP contribution is 2.27. The first-order valence-corrected chi connectivity index (χ1v) is 6.17. The molecule has 1 N–H and O–H groups in total. The van der Waals surface area contributed by atoms with Gasteiger partial charge < -0.3 is 14.8 Å². The number of pyridine rings is 1. The van der Waals surface area contributed by atoms with Crippen molar-refractivity contribution in [3.05, 3.63) is 29.6 Å². The maximum absolute atomic E-state index is 12.4. The van der Waals surface area contributed by atoms with Crippen LogP contribution >= 0.6 is 0 Å². The molecule has 0 fully saturated rings. The largest absolute Gasteiger partial charge is 0.469 e. The molecule has 0 spiro atoms. The Morgan fingerprint density at radius 1 is 1.22 bits per heavy atom. The van der Waals surface area contributed by atoms with Gasteiger partial charge in [0, 0.05) is 6.20 Å². The number of rotatable bonds is 5. The summed E-state index contributed by atoms with van der Waals surface area (Å²) in [6, 6.07) is 0.197. The van der Waals surface area contributed by atoms with Gasteiger partial charge in [-0.2, -0.15) is 13.2 Å². The number of nitrogens with zero attached hydrogens (tertiary/aromatic N) is 1. The molecule has 0 aliphatic heterocycles. The number of aromatic nitrogens is 1. The Bertz CT molecular complexity index is 586. The fourth-order valence-corrected chi connectivity index (χ4v) is 1.52. The minimum absolute atomic E-state index is 0.211. The van der Waals surface area contributed by atoms with Gasteiger partial charge in [0.25, 0.3) is 5.91 Å². The second-order valence-electron chi connectivity index (χ2n) is 4.26. The van der Waals surface area contributed by atoms with Gasteiger partial charge in [-0.1, -0.05) is 0 Å². The number of hydrogen-bond donors (Lipinski definition) is 1. The summed E-state index contributed by atoms with van der Waals surface area (Å²) in [4.78, 5) is 37.7. The van der Waals surface area contributed by atoms with Crippen LogP contribution in [-0.2, 0) is 25.2 Å². The average molecular weight is 334 g/mol. The van der Waals surface area contributed by atoms with Gasteiger partial charge in [-0.25, -0.2) is 4.79 Å². The second-order valence-corrected chi connectivity index (χ2v) is 4.26. The van der Waals surface area contributed by atoms with Crippen molar-refractivity contribution in [2.24, 2.45) is 0 Å². The number of methoxy groups -OCH3 is 2. The molecule has 1 rings (SSSR count). The Morgan fingerprint density at radius 2 is 1.87 bits per heavy atom. The highest BCUT2D eigenvalue weighted by molar-refractivity contribution is 5.97. The van der Waals surface area contributed by atoms with E-state index in [-0.39, 0.29) is 5.56 Å². The number of ether oxygens (including phenoxy) is 2. The van der Waals surface area contributed by atoms with Crippen LogP contribution in [0, 0.1) is 0 Å². The number of alkyl halides is 3. The molecule has 1 heterocycles. The van der Waals surface area contributed by atoms with E-state index in [4.69, 9.17) is 0 Å². The topological polar surface area (TPSA) is 94.6 Å².